The van der Waals surface area contributed by atoms with Crippen molar-refractivity contribution in [3.8, 4) is 0 Å². The van der Waals surface area contributed by atoms with E-state index >= 15 is 0 Å². The van der Waals surface area contributed by atoms with Gasteiger partial charge in [-0.1, -0.05) is 12.1 Å². The van der Waals surface area contributed by atoms with Gasteiger partial charge in [-0.25, -0.2) is 0 Å². The van der Waals surface area contributed by atoms with Crippen LogP contribution >= 0.6 is 0 Å². The van der Waals surface area contributed by atoms with E-state index in [0.717, 1.165) is 11.3 Å². The Bertz CT molecular complexity index is 453. The number of nitrogens with zero attached hydrogens (tertiary/aromatic N) is 2. The third kappa shape index (κ3) is 4.19. The Morgan fingerprint density at radius 1 is 1.29 bits per heavy atom. The summed E-state index contributed by atoms with van der Waals surface area (Å²) < 4.78 is 5.29. The Labute approximate surface area is 126 Å². The number of morpholine rings is 1. The van der Waals surface area contributed by atoms with Gasteiger partial charge in [-0.3, -0.25) is 4.79 Å². The van der Waals surface area contributed by atoms with Gasteiger partial charge in [-0.2, -0.15) is 0 Å². The molecule has 1 fully saturated rings. The minimum Gasteiger partial charge on any atom is -0.378 e. The number of benzene rings is 1. The highest BCUT2D eigenvalue weighted by Crippen LogP contribution is 2.18. The van der Waals surface area contributed by atoms with Gasteiger partial charge in [0, 0.05) is 31.4 Å². The zero-order valence-electron chi connectivity index (χ0n) is 12.9. The van der Waals surface area contributed by atoms with E-state index < -0.39 is 0 Å². The van der Waals surface area contributed by atoms with Crippen molar-refractivity contribution in [2.75, 3.05) is 37.7 Å². The van der Waals surface area contributed by atoms with Crippen LogP contribution in [0, 0.1) is 0 Å². The maximum Gasteiger partial charge on any atom is 0.242 e. The molecule has 5 nitrogen and oxygen atoms in total. The van der Waals surface area contributed by atoms with Gasteiger partial charge in [-0.05, 0) is 31.5 Å². The molecule has 1 amide bonds. The smallest absolute Gasteiger partial charge is 0.242 e. The minimum absolute atomic E-state index is 0.162. The average Bonchev–Trinajstić information content (AvgIpc) is 2.53. The number of hydrogen-bond acceptors (Lipinski definition) is 4. The number of nitrogens with two attached hydrogens (primary N) is 1. The molecule has 0 spiro atoms. The van der Waals surface area contributed by atoms with Crippen LogP contribution < -0.4 is 10.6 Å². The van der Waals surface area contributed by atoms with Crippen LogP contribution in [0.25, 0.3) is 0 Å². The SMILES string of the molecule is CC(C)N(CC(=O)N1CCOCC1)c1ccc(CN)cc1. The number of carbonyl (C=O) groups is 1. The van der Waals surface area contributed by atoms with Crippen LogP contribution in [-0.2, 0) is 16.1 Å². The maximum absolute atomic E-state index is 12.4. The van der Waals surface area contributed by atoms with Crippen molar-refractivity contribution >= 4 is 11.6 Å². The first-order valence-electron chi connectivity index (χ1n) is 7.53. The fraction of sp³-hybridized carbons (Fsp3) is 0.562. The third-order valence-corrected chi connectivity index (χ3v) is 3.80. The summed E-state index contributed by atoms with van der Waals surface area (Å²) in [6.07, 6.45) is 0. The van der Waals surface area contributed by atoms with Crippen molar-refractivity contribution in [2.24, 2.45) is 5.73 Å². The van der Waals surface area contributed by atoms with Gasteiger partial charge in [-0.15, -0.1) is 0 Å². The van der Waals surface area contributed by atoms with Crippen LogP contribution in [-0.4, -0.2) is 49.7 Å². The largest absolute Gasteiger partial charge is 0.378 e. The number of carbonyl (C=O) groups excluding carboxylic acids is 1. The number of hydrogen-bond donors (Lipinski definition) is 1. The summed E-state index contributed by atoms with van der Waals surface area (Å²) in [4.78, 5) is 16.4. The zero-order chi connectivity index (χ0) is 15.2. The molecule has 21 heavy (non-hydrogen) atoms. The van der Waals surface area contributed by atoms with Crippen LogP contribution in [0.4, 0.5) is 5.69 Å². The number of ether oxygens (including phenoxy) is 1. The highest BCUT2D eigenvalue weighted by atomic mass is 16.5. The van der Waals surface area contributed by atoms with Crippen LogP contribution in [0.3, 0.4) is 0 Å². The Balaban J connectivity index is 2.05. The van der Waals surface area contributed by atoms with Crippen LogP contribution in [0.1, 0.15) is 19.4 Å². The molecule has 0 radical (unpaired) electrons. The van der Waals surface area contributed by atoms with Gasteiger partial charge in [0.05, 0.1) is 19.8 Å². The van der Waals surface area contributed by atoms with E-state index in [-0.39, 0.29) is 11.9 Å². The molecule has 1 aromatic carbocycles. The van der Waals surface area contributed by atoms with Crippen molar-refractivity contribution in [1.29, 1.82) is 0 Å². The molecule has 116 valence electrons. The maximum atomic E-state index is 12.4. The second-order valence-electron chi connectivity index (χ2n) is 5.59. The lowest BCUT2D eigenvalue weighted by molar-refractivity contribution is -0.133. The number of rotatable bonds is 5. The van der Waals surface area contributed by atoms with Crippen molar-refractivity contribution in [2.45, 2.75) is 26.4 Å². The molecule has 2 rings (SSSR count). The Morgan fingerprint density at radius 3 is 2.43 bits per heavy atom. The summed E-state index contributed by atoms with van der Waals surface area (Å²) in [7, 11) is 0. The summed E-state index contributed by atoms with van der Waals surface area (Å²) in [6, 6.07) is 8.37. The Hall–Kier alpha value is -1.59. The normalized spacial score (nSPS) is 15.3. The van der Waals surface area contributed by atoms with Gasteiger partial charge in [0.25, 0.3) is 0 Å². The van der Waals surface area contributed by atoms with E-state index in [1.165, 1.54) is 0 Å². The van der Waals surface area contributed by atoms with Crippen molar-refractivity contribution in [3.63, 3.8) is 0 Å². The summed E-state index contributed by atoms with van der Waals surface area (Å²) >= 11 is 0. The number of amides is 1. The molecule has 1 aromatic rings. The predicted molar refractivity (Wildman–Crippen MR) is 84.2 cm³/mol. The molecule has 1 aliphatic heterocycles. The second kappa shape index (κ2) is 7.43. The lowest BCUT2D eigenvalue weighted by Gasteiger charge is -2.33. The molecule has 0 unspecified atom stereocenters. The summed E-state index contributed by atoms with van der Waals surface area (Å²) in [6.45, 7) is 7.80. The molecule has 0 bridgehead atoms. The fourth-order valence-electron chi connectivity index (χ4n) is 2.45. The lowest BCUT2D eigenvalue weighted by Crippen LogP contribution is -2.47. The van der Waals surface area contributed by atoms with Crippen molar-refractivity contribution < 1.29 is 9.53 Å². The molecule has 0 aliphatic carbocycles. The monoisotopic (exact) mass is 291 g/mol. The topological polar surface area (TPSA) is 58.8 Å². The fourth-order valence-corrected chi connectivity index (χ4v) is 2.45. The van der Waals surface area contributed by atoms with E-state index in [4.69, 9.17) is 10.5 Å². The molecule has 0 atom stereocenters. The highest BCUT2D eigenvalue weighted by Gasteiger charge is 2.21. The van der Waals surface area contributed by atoms with Crippen molar-refractivity contribution in [3.05, 3.63) is 29.8 Å². The summed E-state index contributed by atoms with van der Waals surface area (Å²) in [5.74, 6) is 0.162. The zero-order valence-corrected chi connectivity index (χ0v) is 12.9. The molecule has 1 heterocycles. The lowest BCUT2D eigenvalue weighted by atomic mass is 10.1. The Morgan fingerprint density at radius 2 is 1.90 bits per heavy atom. The molecular weight excluding hydrogens is 266 g/mol. The molecule has 5 heteroatoms. The molecule has 0 saturated carbocycles. The van der Waals surface area contributed by atoms with Gasteiger partial charge < -0.3 is 20.3 Å². The summed E-state index contributed by atoms with van der Waals surface area (Å²) in [5, 5.41) is 0. The van der Waals surface area contributed by atoms with Gasteiger partial charge >= 0.3 is 0 Å². The van der Waals surface area contributed by atoms with E-state index in [1.807, 2.05) is 29.2 Å². The van der Waals surface area contributed by atoms with E-state index in [0.29, 0.717) is 39.4 Å². The Kier molecular flexibility index (Phi) is 5.59. The quantitative estimate of drug-likeness (QED) is 0.886. The van der Waals surface area contributed by atoms with Crippen LogP contribution in [0.15, 0.2) is 24.3 Å². The minimum atomic E-state index is 0.162. The summed E-state index contributed by atoms with van der Waals surface area (Å²) in [5.41, 5.74) is 7.79. The average molecular weight is 291 g/mol. The predicted octanol–water partition coefficient (Wildman–Crippen LogP) is 1.22. The molecule has 0 aromatic heterocycles. The first kappa shape index (κ1) is 15.8. The molecule has 1 aliphatic rings. The molecule has 1 saturated heterocycles. The van der Waals surface area contributed by atoms with Gasteiger partial charge in [0.15, 0.2) is 0 Å². The van der Waals surface area contributed by atoms with Gasteiger partial charge in [0.2, 0.25) is 5.91 Å². The van der Waals surface area contributed by atoms with Crippen molar-refractivity contribution in [1.82, 2.24) is 4.90 Å². The first-order chi connectivity index (χ1) is 10.1. The van der Waals surface area contributed by atoms with Crippen LogP contribution in [0.5, 0.6) is 0 Å². The van der Waals surface area contributed by atoms with E-state index in [1.54, 1.807) is 0 Å². The highest BCUT2D eigenvalue weighted by molar-refractivity contribution is 5.81. The first-order valence-corrected chi connectivity index (χ1v) is 7.53. The number of anilines is 1. The second-order valence-corrected chi connectivity index (χ2v) is 5.59. The molecular formula is C16H25N3O2. The van der Waals surface area contributed by atoms with E-state index in [9.17, 15) is 4.79 Å². The van der Waals surface area contributed by atoms with Crippen LogP contribution in [0.2, 0.25) is 0 Å². The van der Waals surface area contributed by atoms with E-state index in [2.05, 4.69) is 18.7 Å². The molecule has 2 N–H and O–H groups in total. The van der Waals surface area contributed by atoms with Gasteiger partial charge in [0.1, 0.15) is 0 Å². The standard InChI is InChI=1S/C16H25N3O2/c1-13(2)19(15-5-3-14(11-17)4-6-15)12-16(20)18-7-9-21-10-8-18/h3-6,13H,7-12,17H2,1-2H3. The third-order valence-electron chi connectivity index (χ3n) is 3.80.